The van der Waals surface area contributed by atoms with E-state index >= 15 is 0 Å². The number of carbonyl (C=O) groups is 2. The molecule has 1 saturated carbocycles. The van der Waals surface area contributed by atoms with E-state index in [9.17, 15) is 9.59 Å². The zero-order valence-electron chi connectivity index (χ0n) is 17.8. The summed E-state index contributed by atoms with van der Waals surface area (Å²) >= 11 is 12.0. The molecule has 2 saturated heterocycles. The van der Waals surface area contributed by atoms with Gasteiger partial charge < -0.3 is 14.5 Å². The first-order valence-electron chi connectivity index (χ1n) is 11.1. The van der Waals surface area contributed by atoms with E-state index in [1.54, 1.807) is 23.1 Å². The fourth-order valence-electron chi connectivity index (χ4n) is 4.36. The van der Waals surface area contributed by atoms with Gasteiger partial charge in [0.2, 0.25) is 5.91 Å². The van der Waals surface area contributed by atoms with Gasteiger partial charge in [0.1, 0.15) is 5.75 Å². The molecular weight excluding hydrogens is 439 g/mol. The Labute approximate surface area is 193 Å². The molecule has 0 unspecified atom stereocenters. The number of nitrogens with zero attached hydrogens (tertiary/aromatic N) is 4. The van der Waals surface area contributed by atoms with Crippen LogP contribution in [0, 0.1) is 0 Å². The molecule has 0 atom stereocenters. The maximum Gasteiger partial charge on any atom is 0.260 e. The molecule has 2 amide bonds. The summed E-state index contributed by atoms with van der Waals surface area (Å²) in [6.07, 6.45) is 3.97. The lowest BCUT2D eigenvalue weighted by molar-refractivity contribution is -0.137. The molecule has 1 aromatic rings. The summed E-state index contributed by atoms with van der Waals surface area (Å²) in [7, 11) is 0. The predicted octanol–water partition coefficient (Wildman–Crippen LogP) is 2.21. The van der Waals surface area contributed by atoms with Crippen LogP contribution < -0.4 is 4.74 Å². The van der Waals surface area contributed by atoms with Crippen molar-refractivity contribution in [2.75, 3.05) is 65.5 Å². The minimum absolute atomic E-state index is 0.0639. The molecule has 0 spiro atoms. The Morgan fingerprint density at radius 1 is 0.903 bits per heavy atom. The molecule has 2 heterocycles. The summed E-state index contributed by atoms with van der Waals surface area (Å²) in [5.41, 5.74) is 0. The smallest absolute Gasteiger partial charge is 0.260 e. The molecule has 170 valence electrons. The molecule has 3 aliphatic rings. The highest BCUT2D eigenvalue weighted by Gasteiger charge is 2.30. The second-order valence-electron chi connectivity index (χ2n) is 8.52. The average Bonchev–Trinajstić information content (AvgIpc) is 2.73. The van der Waals surface area contributed by atoms with Gasteiger partial charge in [-0.1, -0.05) is 29.6 Å². The van der Waals surface area contributed by atoms with Gasteiger partial charge in [-0.2, -0.15) is 0 Å². The van der Waals surface area contributed by atoms with Gasteiger partial charge in [0, 0.05) is 63.4 Å². The van der Waals surface area contributed by atoms with Gasteiger partial charge in [0.15, 0.2) is 6.61 Å². The lowest BCUT2D eigenvalue weighted by Crippen LogP contribution is -2.56. The average molecular weight is 469 g/mol. The SMILES string of the molecule is O=C(COc1ccc(Cl)cc1Cl)N1CCN(CC(=O)N2CCN(C3CCC3)CC2)CC1. The van der Waals surface area contributed by atoms with Crippen LogP contribution >= 0.6 is 23.2 Å². The minimum atomic E-state index is -0.0795. The standard InChI is InChI=1S/C22H30Cl2N4O3/c23-17-4-5-20(19(24)14-17)31-16-22(30)28-8-6-25(7-9-28)15-21(29)27-12-10-26(11-13-27)18-2-1-3-18/h4-5,14,18H,1-3,6-13,15-16H2. The van der Waals surface area contributed by atoms with E-state index in [0.29, 0.717) is 48.5 Å². The van der Waals surface area contributed by atoms with E-state index in [2.05, 4.69) is 9.80 Å². The van der Waals surface area contributed by atoms with Gasteiger partial charge >= 0.3 is 0 Å². The molecule has 31 heavy (non-hydrogen) atoms. The van der Waals surface area contributed by atoms with Crippen LogP contribution in [0.2, 0.25) is 10.0 Å². The van der Waals surface area contributed by atoms with Gasteiger partial charge in [-0.25, -0.2) is 0 Å². The summed E-state index contributed by atoms with van der Waals surface area (Å²) in [6, 6.07) is 5.68. The molecule has 0 radical (unpaired) electrons. The Kier molecular flexibility index (Phi) is 7.59. The third-order valence-corrected chi connectivity index (χ3v) is 7.12. The summed E-state index contributed by atoms with van der Waals surface area (Å²) in [5, 5.41) is 0.909. The van der Waals surface area contributed by atoms with Crippen molar-refractivity contribution in [3.8, 4) is 5.75 Å². The monoisotopic (exact) mass is 468 g/mol. The van der Waals surface area contributed by atoms with Gasteiger partial charge in [-0.15, -0.1) is 0 Å². The molecule has 0 bridgehead atoms. The van der Waals surface area contributed by atoms with Crippen LogP contribution in [-0.4, -0.2) is 103 Å². The maximum absolute atomic E-state index is 12.7. The highest BCUT2D eigenvalue weighted by molar-refractivity contribution is 6.35. The fourth-order valence-corrected chi connectivity index (χ4v) is 4.82. The Bertz CT molecular complexity index is 789. The molecule has 9 heteroatoms. The van der Waals surface area contributed by atoms with Crippen LogP contribution in [0.3, 0.4) is 0 Å². The molecular formula is C22H30Cl2N4O3. The maximum atomic E-state index is 12.7. The fraction of sp³-hybridized carbons (Fsp3) is 0.636. The topological polar surface area (TPSA) is 56.3 Å². The van der Waals surface area contributed by atoms with Crippen molar-refractivity contribution in [1.29, 1.82) is 0 Å². The van der Waals surface area contributed by atoms with Crippen molar-refractivity contribution in [1.82, 2.24) is 19.6 Å². The van der Waals surface area contributed by atoms with Crippen LogP contribution in [0.15, 0.2) is 18.2 Å². The normalized spacial score (nSPS) is 21.1. The minimum Gasteiger partial charge on any atom is -0.482 e. The number of carbonyl (C=O) groups excluding carboxylic acids is 2. The third-order valence-electron chi connectivity index (χ3n) is 6.59. The van der Waals surface area contributed by atoms with Crippen LogP contribution in [0.1, 0.15) is 19.3 Å². The summed E-state index contributed by atoms with van der Waals surface area (Å²) in [5.74, 6) is 0.568. The van der Waals surface area contributed by atoms with Gasteiger partial charge in [-0.05, 0) is 31.0 Å². The first kappa shape index (κ1) is 22.6. The molecule has 0 aromatic heterocycles. The number of hydrogen-bond donors (Lipinski definition) is 0. The second kappa shape index (κ2) is 10.4. The first-order valence-corrected chi connectivity index (χ1v) is 11.8. The van der Waals surface area contributed by atoms with Crippen molar-refractivity contribution in [2.24, 2.45) is 0 Å². The third kappa shape index (κ3) is 5.83. The van der Waals surface area contributed by atoms with Crippen LogP contribution in [0.4, 0.5) is 0 Å². The van der Waals surface area contributed by atoms with E-state index in [1.807, 2.05) is 4.90 Å². The molecule has 0 N–H and O–H groups in total. The summed E-state index contributed by atoms with van der Waals surface area (Å²) in [4.78, 5) is 33.6. The van der Waals surface area contributed by atoms with Crippen molar-refractivity contribution in [2.45, 2.75) is 25.3 Å². The van der Waals surface area contributed by atoms with Gasteiger partial charge in [0.25, 0.3) is 5.91 Å². The largest absolute Gasteiger partial charge is 0.482 e. The van der Waals surface area contributed by atoms with Crippen molar-refractivity contribution in [3.63, 3.8) is 0 Å². The van der Waals surface area contributed by atoms with Crippen molar-refractivity contribution in [3.05, 3.63) is 28.2 Å². The lowest BCUT2D eigenvalue weighted by Gasteiger charge is -2.43. The number of piperazine rings is 2. The number of benzene rings is 1. The molecule has 4 rings (SSSR count). The van der Waals surface area contributed by atoms with Crippen LogP contribution in [-0.2, 0) is 9.59 Å². The van der Waals surface area contributed by atoms with E-state index in [4.69, 9.17) is 27.9 Å². The van der Waals surface area contributed by atoms with Gasteiger partial charge in [0.05, 0.1) is 11.6 Å². The van der Waals surface area contributed by atoms with Gasteiger partial charge in [-0.3, -0.25) is 19.4 Å². The highest BCUT2D eigenvalue weighted by Crippen LogP contribution is 2.27. The number of rotatable bonds is 6. The van der Waals surface area contributed by atoms with E-state index in [-0.39, 0.29) is 18.4 Å². The predicted molar refractivity (Wildman–Crippen MR) is 121 cm³/mol. The van der Waals surface area contributed by atoms with Crippen LogP contribution in [0.5, 0.6) is 5.75 Å². The Morgan fingerprint density at radius 2 is 1.55 bits per heavy atom. The van der Waals surface area contributed by atoms with E-state index < -0.39 is 0 Å². The van der Waals surface area contributed by atoms with E-state index in [0.717, 1.165) is 32.2 Å². The summed E-state index contributed by atoms with van der Waals surface area (Å²) < 4.78 is 5.56. The van der Waals surface area contributed by atoms with Crippen LogP contribution in [0.25, 0.3) is 0 Å². The number of halogens is 2. The molecule has 2 aliphatic heterocycles. The molecule has 1 aliphatic carbocycles. The molecule has 7 nitrogen and oxygen atoms in total. The number of amides is 2. The Balaban J connectivity index is 1.15. The Morgan fingerprint density at radius 3 is 2.16 bits per heavy atom. The number of hydrogen-bond acceptors (Lipinski definition) is 5. The zero-order chi connectivity index (χ0) is 21.8. The highest BCUT2D eigenvalue weighted by atomic mass is 35.5. The lowest BCUT2D eigenvalue weighted by atomic mass is 9.91. The Hall–Kier alpha value is -1.54. The zero-order valence-corrected chi connectivity index (χ0v) is 19.3. The molecule has 1 aromatic carbocycles. The van der Waals surface area contributed by atoms with Crippen molar-refractivity contribution >= 4 is 35.0 Å². The molecule has 3 fully saturated rings. The van der Waals surface area contributed by atoms with E-state index in [1.165, 1.54) is 19.3 Å². The summed E-state index contributed by atoms with van der Waals surface area (Å²) in [6.45, 7) is 6.61. The van der Waals surface area contributed by atoms with Crippen molar-refractivity contribution < 1.29 is 14.3 Å². The quantitative estimate of drug-likeness (QED) is 0.640. The second-order valence-corrected chi connectivity index (χ2v) is 9.37. The first-order chi connectivity index (χ1) is 15.0. The number of ether oxygens (including phenoxy) is 1.